The molecule has 57 heavy (non-hydrogen) atoms. The fraction of sp³-hybridized carbons (Fsp3) is 0. The monoisotopic (exact) mass is 872 g/mol. The second kappa shape index (κ2) is 16.2. The van der Waals surface area contributed by atoms with Gasteiger partial charge in [-0.15, -0.1) is 0 Å². The fourth-order valence-corrected chi connectivity index (χ4v) is 4.46. The molecule has 296 valence electrons. The molecule has 0 atom stereocenters. The van der Waals surface area contributed by atoms with Crippen molar-refractivity contribution in [1.82, 2.24) is 0 Å². The summed E-state index contributed by atoms with van der Waals surface area (Å²) in [4.78, 5) is 12.3. The van der Waals surface area contributed by atoms with Crippen molar-refractivity contribution in [3.8, 4) is 45.6 Å². The standard InChI is InChI=1S/C31H2F20O5.K/c32-6-5(7(33)9(35)10(36)8(6)34)4-2(31(52)53)1-3(54-28-20(46)14(40)11(37)15(41)21(28)47)26(55-29-22(48)16(42)12(38)17(43)23(29)49)27(4)56-30-24(50)18(44)13(39)19(45)25(30)51;/h1H,(H,52,53);/q;+1/p-1. The van der Waals surface area contributed by atoms with Crippen LogP contribution in [-0.4, -0.2) is 5.97 Å². The molecular weight excluding hydrogens is 871 g/mol. The molecule has 0 fully saturated rings. The van der Waals surface area contributed by atoms with E-state index in [0.717, 1.165) is 0 Å². The number of halogens is 20. The summed E-state index contributed by atoms with van der Waals surface area (Å²) in [6.07, 6.45) is 0. The summed E-state index contributed by atoms with van der Waals surface area (Å²) < 4.78 is 302. The minimum absolute atomic E-state index is 0. The number of benzene rings is 5. The number of aromatic carboxylic acids is 1. The van der Waals surface area contributed by atoms with Crippen LogP contribution in [0.4, 0.5) is 87.8 Å². The molecule has 0 aromatic heterocycles. The van der Waals surface area contributed by atoms with Gasteiger partial charge in [-0.1, -0.05) is 0 Å². The maximum atomic E-state index is 15.2. The van der Waals surface area contributed by atoms with Crippen molar-refractivity contribution in [2.75, 3.05) is 0 Å². The summed E-state index contributed by atoms with van der Waals surface area (Å²) in [5, 5.41) is 12.3. The topological polar surface area (TPSA) is 67.8 Å². The smallest absolute Gasteiger partial charge is 0.545 e. The van der Waals surface area contributed by atoms with E-state index in [1.807, 2.05) is 0 Å². The molecule has 5 aromatic rings. The van der Waals surface area contributed by atoms with E-state index in [-0.39, 0.29) is 51.4 Å². The molecule has 5 rings (SSSR count). The number of hydrogen-bond donors (Lipinski definition) is 0. The number of carbonyl (C=O) groups excluding carboxylic acids is 1. The van der Waals surface area contributed by atoms with Gasteiger partial charge < -0.3 is 24.1 Å². The minimum Gasteiger partial charge on any atom is -0.545 e. The van der Waals surface area contributed by atoms with E-state index in [4.69, 9.17) is 0 Å². The number of carbonyl (C=O) groups is 1. The molecule has 0 spiro atoms. The summed E-state index contributed by atoms with van der Waals surface area (Å²) in [5.74, 6) is -81.2. The molecule has 0 saturated heterocycles. The Hall–Kier alpha value is -4.79. The van der Waals surface area contributed by atoms with Crippen LogP contribution in [-0.2, 0) is 0 Å². The SMILES string of the molecule is O=C([O-])c1cc(Oc2c(F)c(F)c(F)c(F)c2F)c(Oc2c(F)c(F)c(F)c(F)c2F)c(Oc2c(F)c(F)c(F)c(F)c2F)c1-c1c(F)c(F)c(F)c(F)c1F.[K+]. The first-order chi connectivity index (χ1) is 26.0. The van der Waals surface area contributed by atoms with Crippen molar-refractivity contribution in [3.05, 3.63) is 128 Å². The molecule has 5 nitrogen and oxygen atoms in total. The Balaban J connectivity index is 0.00000720. The summed E-state index contributed by atoms with van der Waals surface area (Å²) in [6, 6.07) is -0.659. The van der Waals surface area contributed by atoms with Gasteiger partial charge >= 0.3 is 51.4 Å². The summed E-state index contributed by atoms with van der Waals surface area (Å²) in [7, 11) is 0. The van der Waals surface area contributed by atoms with Gasteiger partial charge in [-0.05, 0) is 6.07 Å². The van der Waals surface area contributed by atoms with Crippen molar-refractivity contribution in [1.29, 1.82) is 0 Å². The van der Waals surface area contributed by atoms with Gasteiger partial charge in [0.1, 0.15) is 0 Å². The Morgan fingerprint density at radius 1 is 0.333 bits per heavy atom. The summed E-state index contributed by atoms with van der Waals surface area (Å²) in [5.41, 5.74) is -7.70. The summed E-state index contributed by atoms with van der Waals surface area (Å²) >= 11 is 0. The maximum absolute atomic E-state index is 15.2. The zero-order chi connectivity index (χ0) is 42.1. The molecule has 0 N–H and O–H groups in total. The van der Waals surface area contributed by atoms with Crippen LogP contribution in [0.2, 0.25) is 0 Å². The van der Waals surface area contributed by atoms with Gasteiger partial charge in [-0.3, -0.25) is 0 Å². The zero-order valence-electron chi connectivity index (χ0n) is 26.2. The van der Waals surface area contributed by atoms with E-state index in [1.165, 1.54) is 0 Å². The quantitative estimate of drug-likeness (QED) is 0.0737. The van der Waals surface area contributed by atoms with E-state index in [9.17, 15) is 88.9 Å². The molecule has 5 aromatic carbocycles. The zero-order valence-corrected chi connectivity index (χ0v) is 29.3. The van der Waals surface area contributed by atoms with Crippen LogP contribution < -0.4 is 70.7 Å². The second-order valence-electron chi connectivity index (χ2n) is 10.2. The first kappa shape index (κ1) is 44.9. The minimum atomic E-state index is -3.17. The van der Waals surface area contributed by atoms with Crippen molar-refractivity contribution in [2.45, 2.75) is 0 Å². The Kier molecular flexibility index (Phi) is 12.8. The predicted molar refractivity (Wildman–Crippen MR) is 135 cm³/mol. The van der Waals surface area contributed by atoms with Crippen LogP contribution in [0, 0.1) is 116 Å². The second-order valence-corrected chi connectivity index (χ2v) is 10.2. The third-order valence-electron chi connectivity index (χ3n) is 7.01. The Bertz CT molecular complexity index is 2450. The van der Waals surface area contributed by atoms with Gasteiger partial charge in [-0.25, -0.2) is 61.5 Å². The third kappa shape index (κ3) is 7.20. The predicted octanol–water partition coefficient (Wildman–Crippen LogP) is 6.88. The Morgan fingerprint density at radius 2 is 0.579 bits per heavy atom. The average Bonchev–Trinajstić information content (AvgIpc) is 3.17. The van der Waals surface area contributed by atoms with E-state index in [0.29, 0.717) is 0 Å². The molecular formula is C31HF20KO5. The van der Waals surface area contributed by atoms with Gasteiger partial charge in [-0.2, -0.15) is 26.3 Å². The van der Waals surface area contributed by atoms with Crippen molar-refractivity contribution < 1.29 is 163 Å². The van der Waals surface area contributed by atoms with Gasteiger partial charge in [0.2, 0.25) is 116 Å². The maximum Gasteiger partial charge on any atom is 1.00 e. The number of carboxylic acid groups (broad SMARTS) is 1. The van der Waals surface area contributed by atoms with Crippen LogP contribution in [0.5, 0.6) is 34.5 Å². The van der Waals surface area contributed by atoms with E-state index < -0.39 is 180 Å². The molecule has 0 heterocycles. The summed E-state index contributed by atoms with van der Waals surface area (Å²) in [6.45, 7) is 0. The van der Waals surface area contributed by atoms with E-state index in [1.54, 1.807) is 0 Å². The van der Waals surface area contributed by atoms with Gasteiger partial charge in [0, 0.05) is 11.1 Å². The first-order valence-corrected chi connectivity index (χ1v) is 13.5. The van der Waals surface area contributed by atoms with Gasteiger partial charge in [0.25, 0.3) is 0 Å². The van der Waals surface area contributed by atoms with Gasteiger partial charge in [0.15, 0.2) is 34.8 Å². The molecule has 0 aliphatic heterocycles. The molecule has 0 saturated carbocycles. The molecule has 0 aliphatic carbocycles. The van der Waals surface area contributed by atoms with Crippen molar-refractivity contribution in [2.24, 2.45) is 0 Å². The van der Waals surface area contributed by atoms with Crippen LogP contribution in [0.1, 0.15) is 10.4 Å². The first-order valence-electron chi connectivity index (χ1n) is 13.5. The number of carboxylic acids is 1. The molecule has 0 bridgehead atoms. The van der Waals surface area contributed by atoms with Crippen molar-refractivity contribution in [3.63, 3.8) is 0 Å². The largest absolute Gasteiger partial charge is 1.00 e. The van der Waals surface area contributed by atoms with Crippen LogP contribution >= 0.6 is 0 Å². The molecule has 0 unspecified atom stereocenters. The molecule has 0 radical (unpaired) electrons. The van der Waals surface area contributed by atoms with Crippen LogP contribution in [0.3, 0.4) is 0 Å². The fourth-order valence-electron chi connectivity index (χ4n) is 4.46. The Morgan fingerprint density at radius 3 is 0.877 bits per heavy atom. The Labute approximate surface area is 341 Å². The number of hydrogen-bond acceptors (Lipinski definition) is 5. The van der Waals surface area contributed by atoms with Crippen molar-refractivity contribution >= 4 is 5.97 Å². The number of ether oxygens (including phenoxy) is 3. The third-order valence-corrected chi connectivity index (χ3v) is 7.01. The molecule has 0 amide bonds. The van der Waals surface area contributed by atoms with Crippen LogP contribution in [0.25, 0.3) is 11.1 Å². The molecule has 0 aliphatic rings. The normalized spacial score (nSPS) is 11.2. The van der Waals surface area contributed by atoms with E-state index >= 15 is 8.78 Å². The van der Waals surface area contributed by atoms with Gasteiger partial charge in [0.05, 0.1) is 11.5 Å². The molecule has 26 heteroatoms. The average molecular weight is 872 g/mol. The number of rotatable bonds is 8. The van der Waals surface area contributed by atoms with Crippen LogP contribution in [0.15, 0.2) is 6.07 Å². The van der Waals surface area contributed by atoms with E-state index in [2.05, 4.69) is 14.2 Å².